The van der Waals surface area contributed by atoms with E-state index in [0.717, 1.165) is 18.4 Å². The molecule has 1 unspecified atom stereocenters. The molecule has 19 heavy (non-hydrogen) atoms. The third-order valence-electron chi connectivity index (χ3n) is 3.13. The molecule has 0 aliphatic rings. The van der Waals surface area contributed by atoms with Crippen molar-refractivity contribution in [1.29, 1.82) is 0 Å². The van der Waals surface area contributed by atoms with Gasteiger partial charge in [-0.25, -0.2) is 0 Å². The zero-order valence-electron chi connectivity index (χ0n) is 11.7. The van der Waals surface area contributed by atoms with Crippen LogP contribution >= 0.6 is 0 Å². The standard InChI is InChI=1S/C16H23NO2/c1-3-13-5-7-14(8-6-13)9-10-16(19)17-15(4-2)11-12-18/h5-10,15,18H,3-4,11-12H2,1-2H3,(H,17,19)/b10-9+. The van der Waals surface area contributed by atoms with Gasteiger partial charge in [0, 0.05) is 18.7 Å². The molecule has 0 aliphatic carbocycles. The van der Waals surface area contributed by atoms with Crippen LogP contribution < -0.4 is 5.32 Å². The third-order valence-corrected chi connectivity index (χ3v) is 3.13. The molecule has 1 aromatic carbocycles. The average Bonchev–Trinajstić information content (AvgIpc) is 2.45. The molecule has 0 aromatic heterocycles. The summed E-state index contributed by atoms with van der Waals surface area (Å²) in [6.45, 7) is 4.21. The number of aliphatic hydroxyl groups excluding tert-OH is 1. The van der Waals surface area contributed by atoms with Gasteiger partial charge in [0.05, 0.1) is 0 Å². The van der Waals surface area contributed by atoms with Crippen LogP contribution in [0.3, 0.4) is 0 Å². The van der Waals surface area contributed by atoms with Gasteiger partial charge in [-0.3, -0.25) is 4.79 Å². The van der Waals surface area contributed by atoms with E-state index in [0.29, 0.717) is 6.42 Å². The Labute approximate surface area is 115 Å². The minimum atomic E-state index is -0.111. The van der Waals surface area contributed by atoms with Gasteiger partial charge in [0.1, 0.15) is 0 Å². The van der Waals surface area contributed by atoms with Gasteiger partial charge in [-0.1, -0.05) is 38.1 Å². The Morgan fingerprint density at radius 2 is 2.00 bits per heavy atom. The van der Waals surface area contributed by atoms with Crippen molar-refractivity contribution < 1.29 is 9.90 Å². The summed E-state index contributed by atoms with van der Waals surface area (Å²) in [6.07, 6.45) is 5.79. The Bertz CT molecular complexity index is 409. The number of hydrogen-bond acceptors (Lipinski definition) is 2. The summed E-state index contributed by atoms with van der Waals surface area (Å²) in [5.41, 5.74) is 2.30. The van der Waals surface area contributed by atoms with Crippen molar-refractivity contribution in [2.45, 2.75) is 39.2 Å². The second kappa shape index (κ2) is 8.48. The first-order valence-corrected chi connectivity index (χ1v) is 6.88. The van der Waals surface area contributed by atoms with Crippen LogP contribution in [-0.4, -0.2) is 23.7 Å². The number of carbonyl (C=O) groups is 1. The average molecular weight is 261 g/mol. The maximum Gasteiger partial charge on any atom is 0.244 e. The lowest BCUT2D eigenvalue weighted by Crippen LogP contribution is -2.33. The number of rotatable bonds is 7. The van der Waals surface area contributed by atoms with Gasteiger partial charge in [0.25, 0.3) is 0 Å². The molecular formula is C16H23NO2. The van der Waals surface area contributed by atoms with Crippen LogP contribution in [0.1, 0.15) is 37.8 Å². The molecule has 3 heteroatoms. The van der Waals surface area contributed by atoms with Crippen molar-refractivity contribution in [2.24, 2.45) is 0 Å². The fraction of sp³-hybridized carbons (Fsp3) is 0.438. The molecule has 0 aliphatic heterocycles. The SMILES string of the molecule is CCc1ccc(/C=C/C(=O)NC(CC)CCO)cc1. The zero-order chi connectivity index (χ0) is 14.1. The summed E-state index contributed by atoms with van der Waals surface area (Å²) in [4.78, 5) is 11.7. The van der Waals surface area contributed by atoms with Crippen molar-refractivity contribution >= 4 is 12.0 Å². The summed E-state index contributed by atoms with van der Waals surface area (Å²) in [7, 11) is 0. The minimum Gasteiger partial charge on any atom is -0.396 e. The van der Waals surface area contributed by atoms with Crippen molar-refractivity contribution in [2.75, 3.05) is 6.61 Å². The fourth-order valence-electron chi connectivity index (χ4n) is 1.82. The normalized spacial score (nSPS) is 12.6. The highest BCUT2D eigenvalue weighted by molar-refractivity contribution is 5.91. The van der Waals surface area contributed by atoms with Gasteiger partial charge in [-0.05, 0) is 36.5 Å². The molecule has 2 N–H and O–H groups in total. The Hall–Kier alpha value is -1.61. The first-order valence-electron chi connectivity index (χ1n) is 6.88. The summed E-state index contributed by atoms with van der Waals surface area (Å²) in [5, 5.41) is 11.7. The van der Waals surface area contributed by atoms with Crippen molar-refractivity contribution in [3.05, 3.63) is 41.5 Å². The van der Waals surface area contributed by atoms with Crippen LogP contribution in [0.25, 0.3) is 6.08 Å². The molecule has 1 atom stereocenters. The van der Waals surface area contributed by atoms with Crippen molar-refractivity contribution in [3.63, 3.8) is 0 Å². The van der Waals surface area contributed by atoms with E-state index in [2.05, 4.69) is 24.4 Å². The monoisotopic (exact) mass is 261 g/mol. The van der Waals surface area contributed by atoms with Gasteiger partial charge in [-0.15, -0.1) is 0 Å². The smallest absolute Gasteiger partial charge is 0.244 e. The second-order valence-corrected chi connectivity index (χ2v) is 4.55. The van der Waals surface area contributed by atoms with E-state index in [1.807, 2.05) is 19.1 Å². The lowest BCUT2D eigenvalue weighted by atomic mass is 10.1. The molecule has 0 saturated heterocycles. The Morgan fingerprint density at radius 1 is 1.32 bits per heavy atom. The molecule has 1 aromatic rings. The van der Waals surface area contributed by atoms with E-state index in [4.69, 9.17) is 5.11 Å². The minimum absolute atomic E-state index is 0.0459. The van der Waals surface area contributed by atoms with Gasteiger partial charge in [0.2, 0.25) is 5.91 Å². The molecule has 0 spiro atoms. The lowest BCUT2D eigenvalue weighted by molar-refractivity contribution is -0.117. The van der Waals surface area contributed by atoms with Gasteiger partial charge < -0.3 is 10.4 Å². The number of benzene rings is 1. The lowest BCUT2D eigenvalue weighted by Gasteiger charge is -2.13. The summed E-state index contributed by atoms with van der Waals surface area (Å²) in [6, 6.07) is 8.20. The van der Waals surface area contributed by atoms with Crippen molar-refractivity contribution in [1.82, 2.24) is 5.32 Å². The molecule has 0 radical (unpaired) electrons. The van der Waals surface area contributed by atoms with E-state index < -0.39 is 0 Å². The highest BCUT2D eigenvalue weighted by Gasteiger charge is 2.06. The summed E-state index contributed by atoms with van der Waals surface area (Å²) >= 11 is 0. The van der Waals surface area contributed by atoms with Crippen LogP contribution in [0.2, 0.25) is 0 Å². The van der Waals surface area contributed by atoms with Gasteiger partial charge in [0.15, 0.2) is 0 Å². The maximum absolute atomic E-state index is 11.7. The molecule has 0 fully saturated rings. The fourth-order valence-corrected chi connectivity index (χ4v) is 1.82. The van der Waals surface area contributed by atoms with E-state index >= 15 is 0 Å². The largest absolute Gasteiger partial charge is 0.396 e. The molecule has 0 heterocycles. The number of hydrogen-bond donors (Lipinski definition) is 2. The number of carbonyl (C=O) groups excluding carboxylic acids is 1. The summed E-state index contributed by atoms with van der Waals surface area (Å²) < 4.78 is 0. The second-order valence-electron chi connectivity index (χ2n) is 4.55. The number of aryl methyl sites for hydroxylation is 1. The topological polar surface area (TPSA) is 49.3 Å². The first kappa shape index (κ1) is 15.4. The van der Waals surface area contributed by atoms with Gasteiger partial charge >= 0.3 is 0 Å². The van der Waals surface area contributed by atoms with E-state index in [-0.39, 0.29) is 18.6 Å². The molecule has 1 amide bonds. The van der Waals surface area contributed by atoms with Crippen LogP contribution in [-0.2, 0) is 11.2 Å². The number of aliphatic hydroxyl groups is 1. The third kappa shape index (κ3) is 5.71. The Morgan fingerprint density at radius 3 is 2.53 bits per heavy atom. The van der Waals surface area contributed by atoms with Gasteiger partial charge in [-0.2, -0.15) is 0 Å². The molecule has 0 bridgehead atoms. The molecule has 1 rings (SSSR count). The van der Waals surface area contributed by atoms with Crippen molar-refractivity contribution in [3.8, 4) is 0 Å². The van der Waals surface area contributed by atoms with E-state index in [1.165, 1.54) is 5.56 Å². The quantitative estimate of drug-likeness (QED) is 0.741. The molecule has 0 saturated carbocycles. The van der Waals surface area contributed by atoms with Crippen LogP contribution in [0.5, 0.6) is 0 Å². The highest BCUT2D eigenvalue weighted by atomic mass is 16.3. The summed E-state index contributed by atoms with van der Waals surface area (Å²) in [5.74, 6) is -0.111. The Kier molecular flexibility index (Phi) is 6.90. The maximum atomic E-state index is 11.7. The van der Waals surface area contributed by atoms with E-state index in [9.17, 15) is 4.79 Å². The molecule has 3 nitrogen and oxygen atoms in total. The van der Waals surface area contributed by atoms with Crippen LogP contribution in [0.4, 0.5) is 0 Å². The predicted molar refractivity (Wildman–Crippen MR) is 78.8 cm³/mol. The molecular weight excluding hydrogens is 238 g/mol. The van der Waals surface area contributed by atoms with E-state index in [1.54, 1.807) is 12.2 Å². The number of nitrogens with one attached hydrogen (secondary N) is 1. The number of amides is 1. The van der Waals surface area contributed by atoms with Crippen LogP contribution in [0, 0.1) is 0 Å². The first-order chi connectivity index (χ1) is 9.19. The van der Waals surface area contributed by atoms with Crippen LogP contribution in [0.15, 0.2) is 30.3 Å². The highest BCUT2D eigenvalue weighted by Crippen LogP contribution is 2.06. The Balaban J connectivity index is 2.52. The zero-order valence-corrected chi connectivity index (χ0v) is 11.7. The molecule has 104 valence electrons. The predicted octanol–water partition coefficient (Wildman–Crippen LogP) is 2.54.